The quantitative estimate of drug-likeness (QED) is 0.486. The summed E-state index contributed by atoms with van der Waals surface area (Å²) < 4.78 is 46.0. The molecule has 4 rings (SSSR count). The molecule has 0 unspecified atom stereocenters. The van der Waals surface area contributed by atoms with Crippen LogP contribution in [0.4, 0.5) is 24.7 Å². The molecule has 1 N–H and O–H groups in total. The van der Waals surface area contributed by atoms with Crippen LogP contribution in [-0.4, -0.2) is 16.5 Å². The van der Waals surface area contributed by atoms with E-state index in [-0.39, 0.29) is 0 Å². The molecule has 0 aliphatic rings. The minimum Gasteiger partial charge on any atom is -0.497 e. The molecule has 0 amide bonds. The zero-order chi connectivity index (χ0) is 19.7. The first kappa shape index (κ1) is 17.9. The number of alkyl halides is 3. The number of benzene rings is 2. The van der Waals surface area contributed by atoms with E-state index in [2.05, 4.69) is 10.3 Å². The van der Waals surface area contributed by atoms with Gasteiger partial charge in [0.05, 0.1) is 23.9 Å². The minimum atomic E-state index is -4.40. The molecule has 0 aliphatic heterocycles. The highest BCUT2D eigenvalue weighted by Crippen LogP contribution is 2.32. The lowest BCUT2D eigenvalue weighted by molar-refractivity contribution is -0.137. The highest BCUT2D eigenvalue weighted by atomic mass is 19.4. The van der Waals surface area contributed by atoms with Gasteiger partial charge >= 0.3 is 6.18 Å². The molecule has 2 heterocycles. The molecule has 0 aliphatic carbocycles. The van der Waals surface area contributed by atoms with Gasteiger partial charge in [0.25, 0.3) is 0 Å². The number of hydrogen-bond donors (Lipinski definition) is 1. The van der Waals surface area contributed by atoms with Crippen LogP contribution in [-0.2, 0) is 6.18 Å². The largest absolute Gasteiger partial charge is 0.497 e. The second-order valence-corrected chi connectivity index (χ2v) is 6.18. The number of fused-ring (bicyclic) bond motifs is 1. The van der Waals surface area contributed by atoms with E-state index in [1.807, 2.05) is 47.0 Å². The van der Waals surface area contributed by atoms with Gasteiger partial charge in [-0.15, -0.1) is 0 Å². The van der Waals surface area contributed by atoms with Crippen LogP contribution in [0.15, 0.2) is 73.1 Å². The van der Waals surface area contributed by atoms with Crippen molar-refractivity contribution < 1.29 is 17.9 Å². The Morgan fingerprint density at radius 2 is 1.79 bits per heavy atom. The standard InChI is InChI=1S/C21H16F3N3O/c1-28-17-7-5-14(6-8-17)18-9-10-19-20(25-11-12-27(18)19)26-16-4-2-3-15(13-16)21(22,23)24/h2-13H,1H3,(H,25,26). The zero-order valence-corrected chi connectivity index (χ0v) is 14.9. The molecule has 7 heteroatoms. The van der Waals surface area contributed by atoms with Crippen LogP contribution in [0.3, 0.4) is 0 Å². The van der Waals surface area contributed by atoms with Crippen LogP contribution < -0.4 is 10.1 Å². The Balaban J connectivity index is 1.71. The van der Waals surface area contributed by atoms with Crippen LogP contribution in [0.5, 0.6) is 5.75 Å². The Morgan fingerprint density at radius 3 is 2.50 bits per heavy atom. The zero-order valence-electron chi connectivity index (χ0n) is 14.9. The summed E-state index contributed by atoms with van der Waals surface area (Å²) in [5.74, 6) is 1.24. The van der Waals surface area contributed by atoms with E-state index in [0.29, 0.717) is 11.5 Å². The van der Waals surface area contributed by atoms with Crippen molar-refractivity contribution in [3.05, 3.63) is 78.6 Å². The first-order chi connectivity index (χ1) is 13.5. The summed E-state index contributed by atoms with van der Waals surface area (Å²) in [5.41, 5.74) is 2.29. The fourth-order valence-corrected chi connectivity index (χ4v) is 3.05. The van der Waals surface area contributed by atoms with E-state index >= 15 is 0 Å². The van der Waals surface area contributed by atoms with Gasteiger partial charge in [-0.25, -0.2) is 4.98 Å². The van der Waals surface area contributed by atoms with Crippen molar-refractivity contribution in [2.24, 2.45) is 0 Å². The number of halogens is 3. The van der Waals surface area contributed by atoms with E-state index in [9.17, 15) is 13.2 Å². The Labute approximate surface area is 159 Å². The molecule has 4 nitrogen and oxygen atoms in total. The van der Waals surface area contributed by atoms with Crippen molar-refractivity contribution in [3.8, 4) is 17.0 Å². The summed E-state index contributed by atoms with van der Waals surface area (Å²) in [6, 6.07) is 16.5. The lowest BCUT2D eigenvalue weighted by atomic mass is 10.1. The monoisotopic (exact) mass is 383 g/mol. The normalized spacial score (nSPS) is 11.6. The van der Waals surface area contributed by atoms with Gasteiger partial charge in [0.1, 0.15) is 5.75 Å². The lowest BCUT2D eigenvalue weighted by Gasteiger charge is -2.11. The number of nitrogens with zero attached hydrogens (tertiary/aromatic N) is 2. The molecule has 4 aromatic rings. The molecule has 0 atom stereocenters. The molecule has 0 bridgehead atoms. The average molecular weight is 383 g/mol. The Bertz CT molecular complexity index is 1120. The first-order valence-corrected chi connectivity index (χ1v) is 8.50. The Hall–Kier alpha value is -3.48. The van der Waals surface area contributed by atoms with Gasteiger partial charge in [-0.1, -0.05) is 6.07 Å². The summed E-state index contributed by atoms with van der Waals surface area (Å²) in [6.07, 6.45) is -0.976. The Morgan fingerprint density at radius 1 is 1.00 bits per heavy atom. The average Bonchev–Trinajstić information content (AvgIpc) is 3.13. The first-order valence-electron chi connectivity index (χ1n) is 8.50. The van der Waals surface area contributed by atoms with Gasteiger partial charge in [-0.05, 0) is 60.2 Å². The maximum atomic E-state index is 12.9. The second-order valence-electron chi connectivity index (χ2n) is 6.18. The molecule has 0 fully saturated rings. The maximum absolute atomic E-state index is 12.9. The lowest BCUT2D eigenvalue weighted by Crippen LogP contribution is -2.05. The van der Waals surface area contributed by atoms with Gasteiger partial charge in [-0.2, -0.15) is 13.2 Å². The highest BCUT2D eigenvalue weighted by Gasteiger charge is 2.30. The topological polar surface area (TPSA) is 38.6 Å². The van der Waals surface area contributed by atoms with Crippen LogP contribution in [0, 0.1) is 0 Å². The molecule has 0 saturated heterocycles. The maximum Gasteiger partial charge on any atom is 0.416 e. The smallest absolute Gasteiger partial charge is 0.416 e. The van der Waals surface area contributed by atoms with Crippen molar-refractivity contribution in [2.45, 2.75) is 6.18 Å². The summed E-state index contributed by atoms with van der Waals surface area (Å²) >= 11 is 0. The molecule has 28 heavy (non-hydrogen) atoms. The van der Waals surface area contributed by atoms with Crippen LogP contribution >= 0.6 is 0 Å². The number of methoxy groups -OCH3 is 1. The predicted octanol–water partition coefficient (Wildman–Crippen LogP) is 5.77. The third-order valence-electron chi connectivity index (χ3n) is 4.42. The van der Waals surface area contributed by atoms with Gasteiger partial charge in [0.2, 0.25) is 0 Å². The van der Waals surface area contributed by atoms with E-state index in [4.69, 9.17) is 4.74 Å². The minimum absolute atomic E-state index is 0.322. The van der Waals surface area contributed by atoms with Crippen LogP contribution in [0.25, 0.3) is 16.8 Å². The van der Waals surface area contributed by atoms with E-state index in [1.54, 1.807) is 19.4 Å². The molecular formula is C21H16F3N3O. The van der Waals surface area contributed by atoms with Crippen molar-refractivity contribution >= 4 is 17.0 Å². The molecule has 2 aromatic heterocycles. The number of rotatable bonds is 4. The number of hydrogen-bond acceptors (Lipinski definition) is 3. The summed E-state index contributed by atoms with van der Waals surface area (Å²) in [6.45, 7) is 0. The van der Waals surface area contributed by atoms with Crippen LogP contribution in [0.2, 0.25) is 0 Å². The predicted molar refractivity (Wildman–Crippen MR) is 102 cm³/mol. The van der Waals surface area contributed by atoms with Gasteiger partial charge in [0.15, 0.2) is 5.82 Å². The second kappa shape index (κ2) is 6.92. The number of anilines is 2. The van der Waals surface area contributed by atoms with Gasteiger partial charge in [-0.3, -0.25) is 0 Å². The van der Waals surface area contributed by atoms with Crippen molar-refractivity contribution in [3.63, 3.8) is 0 Å². The molecule has 0 saturated carbocycles. The van der Waals surface area contributed by atoms with E-state index in [1.165, 1.54) is 6.07 Å². The SMILES string of the molecule is COc1ccc(-c2ccc3c(Nc4cccc(C(F)(F)F)c4)nccn23)cc1. The van der Waals surface area contributed by atoms with E-state index in [0.717, 1.165) is 34.7 Å². The fourth-order valence-electron chi connectivity index (χ4n) is 3.05. The molecular weight excluding hydrogens is 367 g/mol. The fraction of sp³-hybridized carbons (Fsp3) is 0.0952. The number of aromatic nitrogens is 2. The number of nitrogens with one attached hydrogen (secondary N) is 1. The summed E-state index contributed by atoms with van der Waals surface area (Å²) in [7, 11) is 1.61. The molecule has 2 aromatic carbocycles. The Kier molecular flexibility index (Phi) is 4.43. The summed E-state index contributed by atoms with van der Waals surface area (Å²) in [5, 5.41) is 2.99. The molecule has 0 radical (unpaired) electrons. The van der Waals surface area contributed by atoms with Crippen molar-refractivity contribution in [2.75, 3.05) is 12.4 Å². The van der Waals surface area contributed by atoms with Gasteiger partial charge in [0, 0.05) is 18.1 Å². The van der Waals surface area contributed by atoms with Crippen LogP contribution in [0.1, 0.15) is 5.56 Å². The van der Waals surface area contributed by atoms with Gasteiger partial charge < -0.3 is 14.5 Å². The van der Waals surface area contributed by atoms with Crippen molar-refractivity contribution in [1.82, 2.24) is 9.38 Å². The summed E-state index contributed by atoms with van der Waals surface area (Å²) in [4.78, 5) is 4.30. The van der Waals surface area contributed by atoms with Crippen molar-refractivity contribution in [1.29, 1.82) is 0 Å². The molecule has 0 spiro atoms. The highest BCUT2D eigenvalue weighted by molar-refractivity contribution is 5.78. The number of ether oxygens (including phenoxy) is 1. The van der Waals surface area contributed by atoms with E-state index < -0.39 is 11.7 Å². The third kappa shape index (κ3) is 3.38. The third-order valence-corrected chi connectivity index (χ3v) is 4.42. The molecule has 142 valence electrons.